The van der Waals surface area contributed by atoms with Crippen molar-refractivity contribution in [1.29, 1.82) is 0 Å². The molecule has 0 bridgehead atoms. The summed E-state index contributed by atoms with van der Waals surface area (Å²) in [5.74, 6) is 0. The highest BCUT2D eigenvalue weighted by molar-refractivity contribution is 6.39. The van der Waals surface area contributed by atoms with Gasteiger partial charge >= 0.3 is 6.03 Å². The number of para-hydroxylation sites is 1. The first-order valence-electron chi connectivity index (χ1n) is 5.49. The zero-order valence-electron chi connectivity index (χ0n) is 10.6. The first kappa shape index (κ1) is 14.9. The molecule has 2 N–H and O–H groups in total. The lowest BCUT2D eigenvalue weighted by molar-refractivity contribution is 0.255. The topological polar surface area (TPSA) is 41.1 Å². The third kappa shape index (κ3) is 4.98. The van der Waals surface area contributed by atoms with Crippen molar-refractivity contribution in [3.8, 4) is 0 Å². The van der Waals surface area contributed by atoms with Gasteiger partial charge in [0.05, 0.1) is 15.7 Å². The molecule has 0 saturated carbocycles. The third-order valence-corrected chi connectivity index (χ3v) is 2.63. The van der Waals surface area contributed by atoms with Crippen LogP contribution < -0.4 is 10.6 Å². The Morgan fingerprint density at radius 3 is 2.28 bits per heavy atom. The fraction of sp³-hybridized carbons (Fsp3) is 0.308. The van der Waals surface area contributed by atoms with Crippen molar-refractivity contribution in [3.05, 3.63) is 40.5 Å². The molecule has 0 fully saturated rings. The van der Waals surface area contributed by atoms with Gasteiger partial charge in [0, 0.05) is 6.20 Å². The summed E-state index contributed by atoms with van der Waals surface area (Å²) >= 11 is 11.9. The zero-order valence-corrected chi connectivity index (χ0v) is 12.1. The maximum atomic E-state index is 11.6. The molecule has 0 aromatic heterocycles. The highest BCUT2D eigenvalue weighted by Crippen LogP contribution is 2.29. The summed E-state index contributed by atoms with van der Waals surface area (Å²) in [6.07, 6.45) is 3.49. The standard InChI is InChI=1S/C13H16Cl2N2O/c1-13(2,3)7-8-16-12(18)17-11-9(14)5-4-6-10(11)15/h4-8H,1-3H3,(H2,16,17,18)/b8-7+. The Kier molecular flexibility index (Phi) is 5.05. The Bertz CT molecular complexity index is 444. The fourth-order valence-corrected chi connectivity index (χ4v) is 1.63. The molecule has 2 amide bonds. The minimum atomic E-state index is -0.384. The number of nitrogens with one attached hydrogen (secondary N) is 2. The van der Waals surface area contributed by atoms with Gasteiger partial charge in [-0.05, 0) is 17.5 Å². The van der Waals surface area contributed by atoms with Gasteiger partial charge in [-0.3, -0.25) is 0 Å². The largest absolute Gasteiger partial charge is 0.323 e. The third-order valence-electron chi connectivity index (χ3n) is 2.00. The van der Waals surface area contributed by atoms with E-state index in [-0.39, 0.29) is 11.4 Å². The molecule has 0 atom stereocenters. The fourth-order valence-electron chi connectivity index (χ4n) is 1.13. The van der Waals surface area contributed by atoms with E-state index in [2.05, 4.69) is 10.6 Å². The van der Waals surface area contributed by atoms with Crippen LogP contribution >= 0.6 is 23.2 Å². The normalized spacial score (nSPS) is 11.6. The maximum absolute atomic E-state index is 11.6. The molecule has 0 aliphatic heterocycles. The molecule has 18 heavy (non-hydrogen) atoms. The molecule has 0 aliphatic rings. The Morgan fingerprint density at radius 2 is 1.78 bits per heavy atom. The maximum Gasteiger partial charge on any atom is 0.323 e. The average molecular weight is 287 g/mol. The first-order chi connectivity index (χ1) is 8.29. The van der Waals surface area contributed by atoms with Gasteiger partial charge < -0.3 is 10.6 Å². The van der Waals surface area contributed by atoms with Gasteiger partial charge in [-0.25, -0.2) is 4.79 Å². The second-order valence-electron chi connectivity index (χ2n) is 4.89. The van der Waals surface area contributed by atoms with Crippen molar-refractivity contribution in [2.75, 3.05) is 5.32 Å². The van der Waals surface area contributed by atoms with Gasteiger partial charge in [0.1, 0.15) is 0 Å². The Balaban J connectivity index is 2.63. The molecule has 0 saturated heterocycles. The van der Waals surface area contributed by atoms with Gasteiger partial charge in [0.25, 0.3) is 0 Å². The van der Waals surface area contributed by atoms with Crippen LogP contribution in [0.4, 0.5) is 10.5 Å². The smallest absolute Gasteiger partial charge is 0.315 e. The molecule has 1 aromatic rings. The molecule has 3 nitrogen and oxygen atoms in total. The number of amides is 2. The van der Waals surface area contributed by atoms with E-state index in [1.165, 1.54) is 0 Å². The molecule has 1 aromatic carbocycles. The molecule has 0 heterocycles. The van der Waals surface area contributed by atoms with Crippen molar-refractivity contribution in [2.24, 2.45) is 5.41 Å². The lowest BCUT2D eigenvalue weighted by atomic mass is 9.97. The van der Waals surface area contributed by atoms with Crippen LogP contribution in [0.25, 0.3) is 0 Å². The highest BCUT2D eigenvalue weighted by Gasteiger charge is 2.08. The number of hydrogen-bond donors (Lipinski definition) is 2. The van der Waals surface area contributed by atoms with E-state index in [9.17, 15) is 4.79 Å². The van der Waals surface area contributed by atoms with Gasteiger partial charge in [-0.1, -0.05) is 56.1 Å². The van der Waals surface area contributed by atoms with Crippen LogP contribution in [0, 0.1) is 5.41 Å². The minimum absolute atomic E-state index is 0.00924. The van der Waals surface area contributed by atoms with Crippen LogP contribution in [0.5, 0.6) is 0 Å². The van der Waals surface area contributed by atoms with E-state index in [0.29, 0.717) is 15.7 Å². The van der Waals surface area contributed by atoms with Crippen molar-refractivity contribution < 1.29 is 4.79 Å². The summed E-state index contributed by atoms with van der Waals surface area (Å²) in [6, 6.07) is 4.65. The number of benzene rings is 1. The Hall–Kier alpha value is -1.19. The quantitative estimate of drug-likeness (QED) is 0.815. The van der Waals surface area contributed by atoms with Gasteiger partial charge in [-0.15, -0.1) is 0 Å². The molecule has 5 heteroatoms. The Morgan fingerprint density at radius 1 is 1.22 bits per heavy atom. The van der Waals surface area contributed by atoms with Crippen LogP contribution in [0.3, 0.4) is 0 Å². The lowest BCUT2D eigenvalue weighted by Gasteiger charge is -2.12. The van der Waals surface area contributed by atoms with Gasteiger partial charge in [0.2, 0.25) is 0 Å². The van der Waals surface area contributed by atoms with Gasteiger partial charge in [-0.2, -0.15) is 0 Å². The van der Waals surface area contributed by atoms with Crippen LogP contribution in [0.1, 0.15) is 20.8 Å². The molecule has 1 rings (SSSR count). The first-order valence-corrected chi connectivity index (χ1v) is 6.24. The molecule has 0 radical (unpaired) electrons. The number of allylic oxidation sites excluding steroid dienone is 1. The number of carbonyl (C=O) groups excluding carboxylic acids is 1. The van der Waals surface area contributed by atoms with Crippen LogP contribution in [0.2, 0.25) is 10.0 Å². The summed E-state index contributed by atoms with van der Waals surface area (Å²) in [7, 11) is 0. The van der Waals surface area contributed by atoms with Crippen molar-refractivity contribution in [3.63, 3.8) is 0 Å². The van der Waals surface area contributed by atoms with Crippen molar-refractivity contribution >= 4 is 34.9 Å². The van der Waals surface area contributed by atoms with Crippen molar-refractivity contribution in [2.45, 2.75) is 20.8 Å². The summed E-state index contributed by atoms with van der Waals surface area (Å²) in [5, 5.41) is 5.99. The number of hydrogen-bond acceptors (Lipinski definition) is 1. The van der Waals surface area contributed by atoms with E-state index in [0.717, 1.165) is 0 Å². The average Bonchev–Trinajstić information content (AvgIpc) is 2.22. The number of halogens is 2. The number of urea groups is 1. The van der Waals surface area contributed by atoms with Gasteiger partial charge in [0.15, 0.2) is 0 Å². The van der Waals surface area contributed by atoms with Crippen LogP contribution in [-0.4, -0.2) is 6.03 Å². The van der Waals surface area contributed by atoms with E-state index in [1.54, 1.807) is 24.4 Å². The monoisotopic (exact) mass is 286 g/mol. The molecular weight excluding hydrogens is 271 g/mol. The zero-order chi connectivity index (χ0) is 13.8. The molecule has 0 aliphatic carbocycles. The van der Waals surface area contributed by atoms with E-state index >= 15 is 0 Å². The van der Waals surface area contributed by atoms with E-state index in [1.807, 2.05) is 26.8 Å². The predicted molar refractivity (Wildman–Crippen MR) is 77.2 cm³/mol. The molecule has 0 unspecified atom stereocenters. The Labute approximate surface area is 117 Å². The highest BCUT2D eigenvalue weighted by atomic mass is 35.5. The second-order valence-corrected chi connectivity index (χ2v) is 5.71. The van der Waals surface area contributed by atoms with Crippen molar-refractivity contribution in [1.82, 2.24) is 5.32 Å². The summed E-state index contributed by atoms with van der Waals surface area (Å²) in [5.41, 5.74) is 0.414. The minimum Gasteiger partial charge on any atom is -0.315 e. The van der Waals surface area contributed by atoms with Crippen LogP contribution in [0.15, 0.2) is 30.5 Å². The second kappa shape index (κ2) is 6.12. The van der Waals surface area contributed by atoms with Crippen LogP contribution in [-0.2, 0) is 0 Å². The number of rotatable bonds is 2. The molecular formula is C13H16Cl2N2O. The lowest BCUT2D eigenvalue weighted by Crippen LogP contribution is -2.24. The van der Waals surface area contributed by atoms with E-state index in [4.69, 9.17) is 23.2 Å². The number of anilines is 1. The number of carbonyl (C=O) groups is 1. The predicted octanol–water partition coefficient (Wildman–Crippen LogP) is 4.67. The summed E-state index contributed by atoms with van der Waals surface area (Å²) < 4.78 is 0. The molecule has 0 spiro atoms. The summed E-state index contributed by atoms with van der Waals surface area (Å²) in [4.78, 5) is 11.6. The summed E-state index contributed by atoms with van der Waals surface area (Å²) in [6.45, 7) is 6.11. The van der Waals surface area contributed by atoms with E-state index < -0.39 is 0 Å². The SMILES string of the molecule is CC(C)(C)/C=C/NC(=O)Nc1c(Cl)cccc1Cl. The molecule has 98 valence electrons.